The van der Waals surface area contributed by atoms with E-state index in [2.05, 4.69) is 32.6 Å². The molecule has 0 fully saturated rings. The third kappa shape index (κ3) is 5.40. The molecule has 1 aliphatic heterocycles. The van der Waals surface area contributed by atoms with Crippen LogP contribution in [-0.2, 0) is 4.79 Å². The summed E-state index contributed by atoms with van der Waals surface area (Å²) in [5, 5.41) is 16.7. The number of furan rings is 1. The van der Waals surface area contributed by atoms with Gasteiger partial charge >= 0.3 is 0 Å². The van der Waals surface area contributed by atoms with E-state index in [0.29, 0.717) is 44.6 Å². The minimum absolute atomic E-state index is 0.0741. The van der Waals surface area contributed by atoms with E-state index in [9.17, 15) is 14.9 Å². The smallest absolute Gasteiger partial charge is 0.254 e. The highest BCUT2D eigenvalue weighted by Crippen LogP contribution is 2.41. The summed E-state index contributed by atoms with van der Waals surface area (Å²) in [7, 11) is 1.53. The molecule has 0 saturated heterocycles. The van der Waals surface area contributed by atoms with Crippen molar-refractivity contribution in [2.24, 2.45) is 0 Å². The molecule has 1 amide bonds. The number of dihydropyridines is 1. The number of Topliss-reactive ketones (excluding diaryl/α,β-unsaturated/α-hetero) is 1. The van der Waals surface area contributed by atoms with Crippen molar-refractivity contribution in [1.82, 2.24) is 5.32 Å². The van der Waals surface area contributed by atoms with Crippen LogP contribution in [0.15, 0.2) is 97.7 Å². The number of methoxy groups -OCH3 is 1. The predicted octanol–water partition coefficient (Wildman–Crippen LogP) is 6.00. The summed E-state index contributed by atoms with van der Waals surface area (Å²) < 4.78 is 11.9. The first-order valence-corrected chi connectivity index (χ1v) is 12.7. The molecule has 0 saturated carbocycles. The second kappa shape index (κ2) is 11.3. The maximum Gasteiger partial charge on any atom is 0.254 e. The van der Waals surface area contributed by atoms with Gasteiger partial charge in [-0.25, -0.2) is 0 Å². The number of nitrogens with zero attached hydrogens (tertiary/aromatic N) is 1. The number of rotatable bonds is 8. The Balaban J connectivity index is 1.64. The Morgan fingerprint density at radius 2 is 1.92 bits per heavy atom. The van der Waals surface area contributed by atoms with Crippen molar-refractivity contribution in [2.75, 3.05) is 18.2 Å². The molecule has 182 valence electrons. The molecule has 2 aromatic carbocycles. The lowest BCUT2D eigenvalue weighted by atomic mass is 9.85. The monoisotopic (exact) mass is 563 g/mol. The summed E-state index contributed by atoms with van der Waals surface area (Å²) in [6.07, 6.45) is 1.50. The van der Waals surface area contributed by atoms with Crippen LogP contribution in [0.2, 0.25) is 0 Å². The summed E-state index contributed by atoms with van der Waals surface area (Å²) in [5.41, 5.74) is 2.28. The molecule has 0 spiro atoms. The van der Waals surface area contributed by atoms with Gasteiger partial charge < -0.3 is 19.8 Å². The highest BCUT2D eigenvalue weighted by Gasteiger charge is 2.36. The number of anilines is 1. The first-order chi connectivity index (χ1) is 17.4. The Morgan fingerprint density at radius 1 is 1.17 bits per heavy atom. The number of carbonyl (C=O) groups excluding carboxylic acids is 2. The highest BCUT2D eigenvalue weighted by molar-refractivity contribution is 9.10. The molecular formula is C27H22BrN3O4S. The lowest BCUT2D eigenvalue weighted by Gasteiger charge is -2.28. The number of nitrogens with one attached hydrogen (secondary N) is 2. The lowest BCUT2D eigenvalue weighted by molar-refractivity contribution is -0.113. The molecule has 4 rings (SSSR count). The Labute approximate surface area is 221 Å². The Hall–Kier alpha value is -3.74. The molecule has 9 heteroatoms. The SMILES string of the molecule is COc1ccccc1NC(=O)C1=C(C)NC(SCC(=O)c2ccc(Br)cc2)=C(C#N)[C@H]1c1ccco1. The van der Waals surface area contributed by atoms with E-state index < -0.39 is 11.8 Å². The second-order valence-corrected chi connectivity index (χ2v) is 9.74. The van der Waals surface area contributed by atoms with Crippen LogP contribution in [0.4, 0.5) is 5.69 Å². The number of allylic oxidation sites excluding steroid dienone is 2. The Bertz CT molecular complexity index is 1390. The zero-order valence-corrected chi connectivity index (χ0v) is 21.9. The van der Waals surface area contributed by atoms with Gasteiger partial charge in [-0.2, -0.15) is 5.26 Å². The molecule has 0 bridgehead atoms. The van der Waals surface area contributed by atoms with Crippen molar-refractivity contribution < 1.29 is 18.7 Å². The molecule has 0 aliphatic carbocycles. The topological polar surface area (TPSA) is 104 Å². The van der Waals surface area contributed by atoms with E-state index in [4.69, 9.17) is 9.15 Å². The van der Waals surface area contributed by atoms with E-state index in [0.717, 1.165) is 4.47 Å². The number of benzene rings is 2. The van der Waals surface area contributed by atoms with Gasteiger partial charge in [0.2, 0.25) is 0 Å². The van der Waals surface area contributed by atoms with E-state index in [1.165, 1.54) is 25.1 Å². The third-order valence-corrected chi connectivity index (χ3v) is 7.13. The minimum Gasteiger partial charge on any atom is -0.495 e. The Kier molecular flexibility index (Phi) is 7.98. The number of thioether (sulfide) groups is 1. The number of amides is 1. The number of halogens is 1. The summed E-state index contributed by atoms with van der Waals surface area (Å²) in [4.78, 5) is 26.2. The number of ketones is 1. The zero-order chi connectivity index (χ0) is 25.7. The quantitative estimate of drug-likeness (QED) is 0.324. The van der Waals surface area contributed by atoms with Gasteiger partial charge in [0, 0.05) is 15.7 Å². The van der Waals surface area contributed by atoms with Gasteiger partial charge in [-0.15, -0.1) is 0 Å². The van der Waals surface area contributed by atoms with Crippen molar-refractivity contribution in [2.45, 2.75) is 12.8 Å². The summed E-state index contributed by atoms with van der Waals surface area (Å²) >= 11 is 4.59. The molecule has 2 heterocycles. The van der Waals surface area contributed by atoms with Gasteiger partial charge in [-0.3, -0.25) is 9.59 Å². The van der Waals surface area contributed by atoms with Crippen LogP contribution in [0, 0.1) is 11.3 Å². The summed E-state index contributed by atoms with van der Waals surface area (Å²) in [5.74, 6) is -0.123. The van der Waals surface area contributed by atoms with E-state index >= 15 is 0 Å². The van der Waals surface area contributed by atoms with Crippen molar-refractivity contribution in [3.05, 3.63) is 105 Å². The molecule has 0 radical (unpaired) electrons. The highest BCUT2D eigenvalue weighted by atomic mass is 79.9. The number of nitriles is 1. The standard InChI is InChI=1S/C27H22BrN3O4S/c1-16-24(26(33)31-20-6-3-4-7-22(20)34-2)25(23-8-5-13-35-23)19(14-29)27(30-16)36-15-21(32)17-9-11-18(28)12-10-17/h3-13,25,30H,15H2,1-2H3,(H,31,33)/t25-/m0/s1. The van der Waals surface area contributed by atoms with Crippen LogP contribution in [0.5, 0.6) is 5.75 Å². The van der Waals surface area contributed by atoms with Crippen molar-refractivity contribution in [3.8, 4) is 11.8 Å². The normalized spacial score (nSPS) is 15.2. The summed E-state index contributed by atoms with van der Waals surface area (Å²) in [6, 6.07) is 19.9. The average molecular weight is 564 g/mol. The fourth-order valence-electron chi connectivity index (χ4n) is 3.86. The van der Waals surface area contributed by atoms with Gasteiger partial charge in [-0.1, -0.05) is 52.0 Å². The third-order valence-electron chi connectivity index (χ3n) is 5.59. The molecule has 0 unspecified atom stereocenters. The molecule has 36 heavy (non-hydrogen) atoms. The number of carbonyl (C=O) groups is 2. The van der Waals surface area contributed by atoms with Gasteiger partial charge in [0.05, 0.1) is 53.0 Å². The van der Waals surface area contributed by atoms with Crippen LogP contribution < -0.4 is 15.4 Å². The first kappa shape index (κ1) is 25.4. The van der Waals surface area contributed by atoms with Crippen molar-refractivity contribution >= 4 is 45.1 Å². The van der Waals surface area contributed by atoms with Crippen LogP contribution in [0.3, 0.4) is 0 Å². The number of hydrogen-bond donors (Lipinski definition) is 2. The molecule has 3 aromatic rings. The van der Waals surface area contributed by atoms with Crippen molar-refractivity contribution in [1.29, 1.82) is 5.26 Å². The second-order valence-electron chi connectivity index (χ2n) is 7.84. The van der Waals surface area contributed by atoms with Gasteiger partial charge in [0.1, 0.15) is 11.5 Å². The van der Waals surface area contributed by atoms with E-state index in [1.54, 1.807) is 49.4 Å². The molecule has 1 aliphatic rings. The average Bonchev–Trinajstić information content (AvgIpc) is 3.42. The van der Waals surface area contributed by atoms with Crippen LogP contribution in [-0.4, -0.2) is 24.6 Å². The fourth-order valence-corrected chi connectivity index (χ4v) is 5.11. The zero-order valence-electron chi connectivity index (χ0n) is 19.5. The number of para-hydroxylation sites is 2. The van der Waals surface area contributed by atoms with E-state index in [1.807, 2.05) is 18.2 Å². The predicted molar refractivity (Wildman–Crippen MR) is 142 cm³/mol. The molecule has 1 atom stereocenters. The van der Waals surface area contributed by atoms with Gasteiger partial charge in [0.25, 0.3) is 5.91 Å². The molecule has 7 nitrogen and oxygen atoms in total. The maximum atomic E-state index is 13.5. The van der Waals surface area contributed by atoms with Crippen LogP contribution in [0.1, 0.15) is 29.0 Å². The fraction of sp³-hybridized carbons (Fsp3) is 0.148. The maximum absolute atomic E-state index is 13.5. The number of hydrogen-bond acceptors (Lipinski definition) is 7. The van der Waals surface area contributed by atoms with Crippen LogP contribution in [0.25, 0.3) is 0 Å². The molecular weight excluding hydrogens is 542 g/mol. The lowest BCUT2D eigenvalue weighted by Crippen LogP contribution is -2.30. The first-order valence-electron chi connectivity index (χ1n) is 10.9. The summed E-state index contributed by atoms with van der Waals surface area (Å²) in [6.45, 7) is 1.76. The van der Waals surface area contributed by atoms with Crippen LogP contribution >= 0.6 is 27.7 Å². The molecule has 1 aromatic heterocycles. The minimum atomic E-state index is -0.744. The van der Waals surface area contributed by atoms with Gasteiger partial charge in [0.15, 0.2) is 5.78 Å². The van der Waals surface area contributed by atoms with Gasteiger partial charge in [-0.05, 0) is 43.3 Å². The largest absolute Gasteiger partial charge is 0.495 e. The number of ether oxygens (including phenoxy) is 1. The van der Waals surface area contributed by atoms with Crippen molar-refractivity contribution in [3.63, 3.8) is 0 Å². The molecule has 2 N–H and O–H groups in total. The Morgan fingerprint density at radius 3 is 2.58 bits per heavy atom. The van der Waals surface area contributed by atoms with E-state index in [-0.39, 0.29) is 11.5 Å².